The van der Waals surface area contributed by atoms with Gasteiger partial charge in [-0.3, -0.25) is 0 Å². The maximum absolute atomic E-state index is 12.7. The topological polar surface area (TPSA) is 24.8 Å². The molecule has 1 aliphatic rings. The normalized spacial score (nSPS) is 15.4. The first-order valence-corrected chi connectivity index (χ1v) is 16.5. The van der Waals surface area contributed by atoms with E-state index in [1.165, 1.54) is 57.8 Å². The summed E-state index contributed by atoms with van der Waals surface area (Å²) in [4.78, 5) is 6.83. The van der Waals surface area contributed by atoms with Gasteiger partial charge >= 0.3 is 202 Å². The Labute approximate surface area is 215 Å². The molecule has 192 valence electrons. The summed E-state index contributed by atoms with van der Waals surface area (Å²) in [6.07, 6.45) is 7.72. The predicted octanol–water partition coefficient (Wildman–Crippen LogP) is 7.76. The summed E-state index contributed by atoms with van der Waals surface area (Å²) >= 11 is -0.646. The van der Waals surface area contributed by atoms with E-state index >= 15 is 0 Å². The molecule has 0 saturated carbocycles. The van der Waals surface area contributed by atoms with Gasteiger partial charge in [0.1, 0.15) is 0 Å². The quantitative estimate of drug-likeness (QED) is 0.146. The molecule has 1 aliphatic heterocycles. The first kappa shape index (κ1) is 29.5. The standard InChI is InChI=1S/C14H16F3N2O.C13H27.Sn/c1-10(9-20-2)18-12-7-19(8-12)13-5-3-11(4-6-13)14(15,16)17;1-4-7-10-13(11-8-5-2)12-9-6-3;/h3-6,10H,2,7-9H2,1H3;4-12H2,1-3H3;. The molecule has 1 heterocycles. The molecule has 1 aromatic rings. The van der Waals surface area contributed by atoms with Crippen molar-refractivity contribution in [1.29, 1.82) is 0 Å². The van der Waals surface area contributed by atoms with Crippen LogP contribution in [0.4, 0.5) is 18.9 Å². The van der Waals surface area contributed by atoms with E-state index in [9.17, 15) is 13.2 Å². The molecule has 2 radical (unpaired) electrons. The van der Waals surface area contributed by atoms with E-state index in [-0.39, 0.29) is 6.04 Å². The van der Waals surface area contributed by atoms with Crippen LogP contribution in [0.1, 0.15) is 91.0 Å². The van der Waals surface area contributed by atoms with Gasteiger partial charge in [-0.2, -0.15) is 13.2 Å². The average molecular weight is 587 g/mol. The summed E-state index contributed by atoms with van der Waals surface area (Å²) in [6, 6.07) is 5.50. The third-order valence-corrected chi connectivity index (χ3v) is 11.9. The van der Waals surface area contributed by atoms with Crippen molar-refractivity contribution in [2.75, 3.05) is 29.2 Å². The van der Waals surface area contributed by atoms with Crippen LogP contribution in [0.25, 0.3) is 0 Å². The predicted molar refractivity (Wildman–Crippen MR) is 138 cm³/mol. The number of halogens is 3. The molecule has 1 unspecified atom stereocenters. The number of aliphatic imine (C=N–C) groups is 1. The number of rotatable bonds is 16. The number of benzene rings is 1. The van der Waals surface area contributed by atoms with E-state index in [1.807, 2.05) is 4.90 Å². The second-order valence-electron chi connectivity index (χ2n) is 9.73. The zero-order chi connectivity index (χ0) is 25.0. The average Bonchev–Trinajstić information content (AvgIpc) is 2.79. The van der Waals surface area contributed by atoms with Crippen LogP contribution < -0.4 is 4.90 Å². The third kappa shape index (κ3) is 9.71. The molecule has 0 N–H and O–H groups in total. The van der Waals surface area contributed by atoms with E-state index in [1.54, 1.807) is 12.1 Å². The van der Waals surface area contributed by atoms with Crippen molar-refractivity contribution < 1.29 is 17.9 Å². The fourth-order valence-electron chi connectivity index (χ4n) is 4.49. The number of unbranched alkanes of at least 4 members (excludes halogenated alkanes) is 3. The van der Waals surface area contributed by atoms with E-state index in [0.717, 1.165) is 28.2 Å². The number of hydrogen-bond acceptors (Lipinski definition) is 3. The summed E-state index contributed by atoms with van der Waals surface area (Å²) in [5.41, 5.74) is 1.30. The van der Waals surface area contributed by atoms with Gasteiger partial charge in [-0.15, -0.1) is 0 Å². The van der Waals surface area contributed by atoms with Crippen molar-refractivity contribution in [3.05, 3.63) is 29.8 Å². The van der Waals surface area contributed by atoms with Crippen LogP contribution in [-0.2, 0) is 10.9 Å². The van der Waals surface area contributed by atoms with Gasteiger partial charge in [0, 0.05) is 0 Å². The molecule has 1 atom stereocenters. The van der Waals surface area contributed by atoms with Gasteiger partial charge in [0.25, 0.3) is 0 Å². The van der Waals surface area contributed by atoms with Crippen LogP contribution in [0.3, 0.4) is 0 Å². The van der Waals surface area contributed by atoms with Gasteiger partial charge in [-0.25, -0.2) is 0 Å². The first-order valence-electron chi connectivity index (χ1n) is 13.0. The molecular formula is C27H43F3N2OSn. The number of anilines is 1. The number of ether oxygens (including phenoxy) is 1. The molecule has 3 nitrogen and oxygen atoms in total. The summed E-state index contributed by atoms with van der Waals surface area (Å²) in [6.45, 7) is 11.0. The van der Waals surface area contributed by atoms with Gasteiger partial charge in [-0.1, -0.05) is 0 Å². The Bertz CT molecular complexity index is 707. The Morgan fingerprint density at radius 2 is 1.47 bits per heavy atom. The fraction of sp³-hybridized carbons (Fsp3) is 0.741. The second-order valence-corrected chi connectivity index (χ2v) is 14.6. The zero-order valence-corrected chi connectivity index (χ0v) is 24.4. The van der Waals surface area contributed by atoms with E-state index < -0.39 is 32.9 Å². The van der Waals surface area contributed by atoms with E-state index in [2.05, 4.69) is 27.7 Å². The van der Waals surface area contributed by atoms with Gasteiger partial charge < -0.3 is 0 Å². The van der Waals surface area contributed by atoms with Crippen molar-refractivity contribution in [3.63, 3.8) is 0 Å². The van der Waals surface area contributed by atoms with Crippen molar-refractivity contribution in [3.8, 4) is 0 Å². The Kier molecular flexibility index (Phi) is 12.8. The Balaban J connectivity index is 1.78. The Hall–Kier alpha value is -0.761. The van der Waals surface area contributed by atoms with Gasteiger partial charge in [-0.05, 0) is 0 Å². The van der Waals surface area contributed by atoms with Crippen LogP contribution in [0.15, 0.2) is 29.3 Å². The molecular weight excluding hydrogens is 544 g/mol. The summed E-state index contributed by atoms with van der Waals surface area (Å²) in [5.74, 6) is 0. The first-order chi connectivity index (χ1) is 16.2. The van der Waals surface area contributed by atoms with Crippen LogP contribution in [0, 0.1) is 0 Å². The molecule has 34 heavy (non-hydrogen) atoms. The van der Waals surface area contributed by atoms with Crippen LogP contribution in [0.2, 0.25) is 3.43 Å². The molecule has 0 spiro atoms. The molecule has 0 aliphatic carbocycles. The van der Waals surface area contributed by atoms with Crippen molar-refractivity contribution in [2.24, 2.45) is 4.99 Å². The molecule has 0 aromatic heterocycles. The van der Waals surface area contributed by atoms with Crippen LogP contribution >= 0.6 is 0 Å². The SMILES string of the molecule is CCCC[C](CCCC)(CCCC)[Sn][CH2]OCC(C)N=C1CN(c2ccc(C(F)(F)F)cc2)C1. The minimum atomic E-state index is -4.29. The summed E-state index contributed by atoms with van der Waals surface area (Å²) < 4.78 is 45.9. The number of alkyl halides is 3. The fourth-order valence-corrected chi connectivity index (χ4v) is 9.02. The molecule has 1 saturated heterocycles. The number of hydrogen-bond donors (Lipinski definition) is 0. The Morgan fingerprint density at radius 3 is 1.94 bits per heavy atom. The van der Waals surface area contributed by atoms with Crippen LogP contribution in [0.5, 0.6) is 0 Å². The van der Waals surface area contributed by atoms with Crippen molar-refractivity contribution >= 4 is 32.5 Å². The van der Waals surface area contributed by atoms with E-state index in [4.69, 9.17) is 9.73 Å². The summed E-state index contributed by atoms with van der Waals surface area (Å²) in [7, 11) is 0. The second kappa shape index (κ2) is 14.7. The van der Waals surface area contributed by atoms with E-state index in [0.29, 0.717) is 23.1 Å². The van der Waals surface area contributed by atoms with Crippen molar-refractivity contribution in [2.45, 2.75) is 101 Å². The monoisotopic (exact) mass is 588 g/mol. The molecule has 0 bridgehead atoms. The van der Waals surface area contributed by atoms with Crippen LogP contribution in [-0.4, -0.2) is 57.2 Å². The molecule has 1 fully saturated rings. The summed E-state index contributed by atoms with van der Waals surface area (Å²) in [5, 5.41) is 0. The number of nitrogens with zero attached hydrogens (tertiary/aromatic N) is 2. The molecule has 0 amide bonds. The third-order valence-electron chi connectivity index (χ3n) is 6.64. The van der Waals surface area contributed by atoms with Gasteiger partial charge in [0.05, 0.1) is 0 Å². The maximum atomic E-state index is 12.7. The van der Waals surface area contributed by atoms with Crippen molar-refractivity contribution in [1.82, 2.24) is 0 Å². The molecule has 7 heteroatoms. The molecule has 2 rings (SSSR count). The Morgan fingerprint density at radius 1 is 0.941 bits per heavy atom. The van der Waals surface area contributed by atoms with Gasteiger partial charge in [0.15, 0.2) is 0 Å². The molecule has 1 aromatic carbocycles. The zero-order valence-electron chi connectivity index (χ0n) is 21.5. The van der Waals surface area contributed by atoms with Gasteiger partial charge in [0.2, 0.25) is 0 Å². The minimum absolute atomic E-state index is 0.125.